The van der Waals surface area contributed by atoms with Crippen molar-refractivity contribution < 1.29 is 9.90 Å². The summed E-state index contributed by atoms with van der Waals surface area (Å²) in [6.45, 7) is 6.10. The molecule has 0 unspecified atom stereocenters. The molecule has 4 nitrogen and oxygen atoms in total. The lowest BCUT2D eigenvalue weighted by atomic mass is 10.1. The standard InChI is InChI=1S/C13H17ClN2O2/c1-4-11(8(2)3)15-16-12-7-9(13(17)18)5-6-10(12)14/h5-8,16H,4H2,1-3H3,(H,17,18)/p-1/b15-11-. The maximum Gasteiger partial charge on any atom is 0.0754 e. The van der Waals surface area contributed by atoms with Gasteiger partial charge in [0.05, 0.1) is 16.7 Å². The Kier molecular flexibility index (Phi) is 5.16. The van der Waals surface area contributed by atoms with Crippen LogP contribution in [0.3, 0.4) is 0 Å². The van der Waals surface area contributed by atoms with Crippen molar-refractivity contribution in [2.24, 2.45) is 11.0 Å². The lowest BCUT2D eigenvalue weighted by molar-refractivity contribution is -0.255. The molecule has 0 amide bonds. The Morgan fingerprint density at radius 2 is 2.17 bits per heavy atom. The summed E-state index contributed by atoms with van der Waals surface area (Å²) in [4.78, 5) is 10.7. The van der Waals surface area contributed by atoms with Crippen LogP contribution in [0.4, 0.5) is 5.69 Å². The third-order valence-electron chi connectivity index (χ3n) is 2.55. The predicted octanol–water partition coefficient (Wildman–Crippen LogP) is 2.54. The highest BCUT2D eigenvalue weighted by Gasteiger charge is 2.05. The van der Waals surface area contributed by atoms with Gasteiger partial charge in [-0.2, -0.15) is 5.10 Å². The van der Waals surface area contributed by atoms with Crippen LogP contribution in [0.15, 0.2) is 23.3 Å². The smallest absolute Gasteiger partial charge is 0.0754 e. The molecule has 0 heterocycles. The van der Waals surface area contributed by atoms with Crippen molar-refractivity contribution in [3.05, 3.63) is 28.8 Å². The van der Waals surface area contributed by atoms with Gasteiger partial charge >= 0.3 is 0 Å². The van der Waals surface area contributed by atoms with E-state index in [0.29, 0.717) is 16.6 Å². The summed E-state index contributed by atoms with van der Waals surface area (Å²) in [6.07, 6.45) is 0.822. The number of hydrogen-bond acceptors (Lipinski definition) is 4. The molecule has 18 heavy (non-hydrogen) atoms. The van der Waals surface area contributed by atoms with Crippen LogP contribution < -0.4 is 10.5 Å². The van der Waals surface area contributed by atoms with Gasteiger partial charge in [-0.25, -0.2) is 0 Å². The van der Waals surface area contributed by atoms with Gasteiger partial charge in [-0.05, 0) is 30.0 Å². The molecule has 0 saturated carbocycles. The highest BCUT2D eigenvalue weighted by Crippen LogP contribution is 2.23. The minimum atomic E-state index is -1.24. The summed E-state index contributed by atoms with van der Waals surface area (Å²) in [7, 11) is 0. The minimum absolute atomic E-state index is 0.0692. The molecule has 0 aliphatic heterocycles. The zero-order valence-electron chi connectivity index (χ0n) is 10.7. The highest BCUT2D eigenvalue weighted by atomic mass is 35.5. The second-order valence-corrected chi connectivity index (χ2v) is 4.61. The average Bonchev–Trinajstić information content (AvgIpc) is 2.31. The Labute approximate surface area is 112 Å². The molecule has 1 aromatic rings. The van der Waals surface area contributed by atoms with Gasteiger partial charge in [0.15, 0.2) is 0 Å². The molecule has 1 rings (SSSR count). The van der Waals surface area contributed by atoms with Crippen molar-refractivity contribution in [2.45, 2.75) is 27.2 Å². The molecule has 0 bridgehead atoms. The maximum absolute atomic E-state index is 10.7. The molecule has 1 N–H and O–H groups in total. The number of carboxylic acid groups (broad SMARTS) is 1. The van der Waals surface area contributed by atoms with Crippen molar-refractivity contribution in [3.8, 4) is 0 Å². The first kappa shape index (κ1) is 14.5. The molecule has 5 heteroatoms. The maximum atomic E-state index is 10.7. The van der Waals surface area contributed by atoms with Crippen molar-refractivity contribution >= 4 is 29.0 Å². The van der Waals surface area contributed by atoms with Gasteiger partial charge in [-0.15, -0.1) is 0 Å². The zero-order valence-corrected chi connectivity index (χ0v) is 11.4. The predicted molar refractivity (Wildman–Crippen MR) is 72.0 cm³/mol. The Morgan fingerprint density at radius 1 is 1.50 bits per heavy atom. The van der Waals surface area contributed by atoms with Gasteiger partial charge in [0.25, 0.3) is 0 Å². The summed E-state index contributed by atoms with van der Waals surface area (Å²) in [5.41, 5.74) is 4.33. The largest absolute Gasteiger partial charge is 0.545 e. The average molecular weight is 268 g/mol. The number of nitrogens with one attached hydrogen (secondary N) is 1. The quantitative estimate of drug-likeness (QED) is 0.659. The monoisotopic (exact) mass is 267 g/mol. The summed E-state index contributed by atoms with van der Waals surface area (Å²) < 4.78 is 0. The van der Waals surface area contributed by atoms with Crippen LogP contribution >= 0.6 is 11.6 Å². The van der Waals surface area contributed by atoms with Gasteiger partial charge < -0.3 is 9.90 Å². The number of carboxylic acids is 1. The minimum Gasteiger partial charge on any atom is -0.545 e. The van der Waals surface area contributed by atoms with Crippen LogP contribution in [-0.2, 0) is 0 Å². The molecule has 0 atom stereocenters. The SMILES string of the molecule is CC/C(=N/Nc1cc(C(=O)[O-])ccc1Cl)C(C)C. The summed E-state index contributed by atoms with van der Waals surface area (Å²) >= 11 is 5.96. The van der Waals surface area contributed by atoms with Crippen LogP contribution in [0, 0.1) is 5.92 Å². The number of rotatable bonds is 5. The molecule has 0 aliphatic rings. The van der Waals surface area contributed by atoms with E-state index < -0.39 is 5.97 Å². The molecule has 0 aliphatic carbocycles. The summed E-state index contributed by atoms with van der Waals surface area (Å²) in [5.74, 6) is -0.913. The van der Waals surface area contributed by atoms with E-state index >= 15 is 0 Å². The van der Waals surface area contributed by atoms with E-state index in [1.54, 1.807) is 0 Å². The van der Waals surface area contributed by atoms with Gasteiger partial charge in [-0.1, -0.05) is 38.4 Å². The second kappa shape index (κ2) is 6.40. The van der Waals surface area contributed by atoms with E-state index in [-0.39, 0.29) is 5.56 Å². The summed E-state index contributed by atoms with van der Waals surface area (Å²) in [5, 5.41) is 15.4. The van der Waals surface area contributed by atoms with Crippen LogP contribution in [0.25, 0.3) is 0 Å². The molecule has 98 valence electrons. The number of nitrogens with zero attached hydrogens (tertiary/aromatic N) is 1. The Balaban J connectivity index is 2.96. The van der Waals surface area contributed by atoms with E-state index in [1.165, 1.54) is 18.2 Å². The third-order valence-corrected chi connectivity index (χ3v) is 2.88. The number of aromatic carboxylic acids is 1. The topological polar surface area (TPSA) is 64.5 Å². The second-order valence-electron chi connectivity index (χ2n) is 4.21. The van der Waals surface area contributed by atoms with Crippen molar-refractivity contribution in [3.63, 3.8) is 0 Å². The van der Waals surface area contributed by atoms with Crippen molar-refractivity contribution in [1.82, 2.24) is 0 Å². The first-order valence-electron chi connectivity index (χ1n) is 5.79. The number of carbonyl (C=O) groups excluding carboxylic acids is 1. The lowest BCUT2D eigenvalue weighted by Gasteiger charge is -2.11. The van der Waals surface area contributed by atoms with Crippen LogP contribution in [0.1, 0.15) is 37.6 Å². The molecular weight excluding hydrogens is 252 g/mol. The van der Waals surface area contributed by atoms with E-state index in [1.807, 2.05) is 20.8 Å². The normalized spacial score (nSPS) is 11.7. The number of hydrazone groups is 1. The number of halogens is 1. The Bertz CT molecular complexity index is 470. The van der Waals surface area contributed by atoms with Gasteiger partial charge in [0.1, 0.15) is 0 Å². The molecule has 0 radical (unpaired) electrons. The Hall–Kier alpha value is -1.55. The van der Waals surface area contributed by atoms with Crippen LogP contribution in [0.5, 0.6) is 0 Å². The Morgan fingerprint density at radius 3 is 2.67 bits per heavy atom. The molecule has 0 saturated heterocycles. The van der Waals surface area contributed by atoms with Gasteiger partial charge in [0.2, 0.25) is 0 Å². The van der Waals surface area contributed by atoms with E-state index in [2.05, 4.69) is 10.5 Å². The number of benzene rings is 1. The molecule has 1 aromatic carbocycles. The van der Waals surface area contributed by atoms with Gasteiger partial charge in [-0.3, -0.25) is 5.43 Å². The number of carbonyl (C=O) groups is 1. The van der Waals surface area contributed by atoms with Crippen LogP contribution in [-0.4, -0.2) is 11.7 Å². The molecule has 0 spiro atoms. The number of hydrogen-bond donors (Lipinski definition) is 1. The molecular formula is C13H16ClN2O2-. The first-order valence-corrected chi connectivity index (χ1v) is 6.16. The third kappa shape index (κ3) is 3.74. The fraction of sp³-hybridized carbons (Fsp3) is 0.385. The van der Waals surface area contributed by atoms with Crippen molar-refractivity contribution in [2.75, 3.05) is 5.43 Å². The first-order chi connectivity index (χ1) is 8.45. The highest BCUT2D eigenvalue weighted by molar-refractivity contribution is 6.33. The number of anilines is 1. The fourth-order valence-electron chi connectivity index (χ4n) is 1.49. The van der Waals surface area contributed by atoms with E-state index in [4.69, 9.17) is 11.6 Å². The molecule has 0 aromatic heterocycles. The summed E-state index contributed by atoms with van der Waals surface area (Å²) in [6, 6.07) is 4.32. The zero-order chi connectivity index (χ0) is 13.7. The lowest BCUT2D eigenvalue weighted by Crippen LogP contribution is -2.22. The van der Waals surface area contributed by atoms with E-state index in [0.717, 1.165) is 12.1 Å². The van der Waals surface area contributed by atoms with Crippen LogP contribution in [0.2, 0.25) is 5.02 Å². The van der Waals surface area contributed by atoms with Crippen molar-refractivity contribution in [1.29, 1.82) is 0 Å². The molecule has 0 fully saturated rings. The van der Waals surface area contributed by atoms with E-state index in [9.17, 15) is 9.90 Å². The fourth-order valence-corrected chi connectivity index (χ4v) is 1.65. The van der Waals surface area contributed by atoms with Gasteiger partial charge in [0, 0.05) is 5.71 Å².